The molecule has 0 amide bonds. The van der Waals surface area contributed by atoms with Gasteiger partial charge in [0.2, 0.25) is 0 Å². The minimum absolute atomic E-state index is 0.633. The van der Waals surface area contributed by atoms with Crippen LogP contribution in [-0.2, 0) is 6.42 Å². The zero-order valence-electron chi connectivity index (χ0n) is 22.8. The van der Waals surface area contributed by atoms with Crippen molar-refractivity contribution in [3.63, 3.8) is 0 Å². The monoisotopic (exact) mass is 528 g/mol. The van der Waals surface area contributed by atoms with Gasteiger partial charge in [-0.1, -0.05) is 97.1 Å². The summed E-state index contributed by atoms with van der Waals surface area (Å²) in [6.45, 7) is 2.02. The molecule has 4 nitrogen and oxygen atoms in total. The summed E-state index contributed by atoms with van der Waals surface area (Å²) in [4.78, 5) is 19.8. The number of benzene rings is 4. The molecule has 2 heterocycles. The molecule has 0 saturated carbocycles. The molecular formula is C37H28N4. The van der Waals surface area contributed by atoms with Gasteiger partial charge in [-0.05, 0) is 72.4 Å². The third kappa shape index (κ3) is 5.08. The fourth-order valence-electron chi connectivity index (χ4n) is 5.42. The number of aryl methyl sites for hydroxylation is 2. The Bertz CT molecular complexity index is 1830. The summed E-state index contributed by atoms with van der Waals surface area (Å²) in [5.74, 6) is 1.93. The van der Waals surface area contributed by atoms with Gasteiger partial charge in [-0.3, -0.25) is 4.98 Å². The van der Waals surface area contributed by atoms with Crippen molar-refractivity contribution in [1.29, 1.82) is 0 Å². The molecule has 0 unspecified atom stereocenters. The molecule has 0 aliphatic heterocycles. The maximum atomic E-state index is 5.02. The van der Waals surface area contributed by atoms with Crippen molar-refractivity contribution in [1.82, 2.24) is 19.9 Å². The van der Waals surface area contributed by atoms with Gasteiger partial charge in [0.05, 0.1) is 5.69 Å². The summed E-state index contributed by atoms with van der Waals surface area (Å²) < 4.78 is 0. The first-order valence-corrected chi connectivity index (χ1v) is 14.0. The van der Waals surface area contributed by atoms with E-state index in [0.717, 1.165) is 52.0 Å². The smallest absolute Gasteiger partial charge is 0.164 e. The minimum Gasteiger partial charge on any atom is -0.253 e. The van der Waals surface area contributed by atoms with Crippen molar-refractivity contribution >= 4 is 6.08 Å². The fourth-order valence-corrected chi connectivity index (χ4v) is 5.42. The second kappa shape index (κ2) is 10.7. The SMILES string of the molecule is Cc1cccc(-c2cc(-c3nc(-c4ccccc4)nc(-c4ccccc4)n3)cc(-c3cccc4c3C=CCC4)c2)n1. The van der Waals surface area contributed by atoms with E-state index in [1.807, 2.05) is 73.7 Å². The largest absolute Gasteiger partial charge is 0.253 e. The van der Waals surface area contributed by atoms with Crippen LogP contribution in [0.4, 0.5) is 0 Å². The first kappa shape index (κ1) is 24.8. The number of nitrogens with zero attached hydrogens (tertiary/aromatic N) is 4. The molecule has 6 aromatic rings. The molecule has 1 aliphatic rings. The van der Waals surface area contributed by atoms with Crippen LogP contribution in [-0.4, -0.2) is 19.9 Å². The van der Waals surface area contributed by atoms with Gasteiger partial charge >= 0.3 is 0 Å². The molecule has 0 fully saturated rings. The van der Waals surface area contributed by atoms with E-state index in [4.69, 9.17) is 19.9 Å². The van der Waals surface area contributed by atoms with E-state index < -0.39 is 0 Å². The van der Waals surface area contributed by atoms with Gasteiger partial charge in [0.1, 0.15) is 0 Å². The third-order valence-electron chi connectivity index (χ3n) is 7.45. The van der Waals surface area contributed by atoms with E-state index >= 15 is 0 Å². The molecule has 1 aliphatic carbocycles. The highest BCUT2D eigenvalue weighted by molar-refractivity contribution is 5.84. The van der Waals surface area contributed by atoms with Crippen LogP contribution in [0.15, 0.2) is 121 Å². The van der Waals surface area contributed by atoms with Gasteiger partial charge in [0.25, 0.3) is 0 Å². The van der Waals surface area contributed by atoms with E-state index in [2.05, 4.69) is 60.7 Å². The van der Waals surface area contributed by atoms with Crippen LogP contribution in [0.3, 0.4) is 0 Å². The number of hydrogen-bond donors (Lipinski definition) is 0. The summed E-state index contributed by atoms with van der Waals surface area (Å²) in [7, 11) is 0. The van der Waals surface area contributed by atoms with Crippen molar-refractivity contribution < 1.29 is 0 Å². The second-order valence-corrected chi connectivity index (χ2v) is 10.3. The number of rotatable bonds is 5. The minimum atomic E-state index is 0.633. The van der Waals surface area contributed by atoms with Crippen LogP contribution < -0.4 is 0 Å². The van der Waals surface area contributed by atoms with Gasteiger partial charge in [-0.2, -0.15) is 0 Å². The Morgan fingerprint density at radius 1 is 0.512 bits per heavy atom. The summed E-state index contributed by atoms with van der Waals surface area (Å²) in [6, 6.07) is 39.5. The summed E-state index contributed by atoms with van der Waals surface area (Å²) in [5, 5.41) is 0. The Hall–Kier alpha value is -5.22. The topological polar surface area (TPSA) is 51.6 Å². The molecule has 7 rings (SSSR count). The molecule has 0 atom stereocenters. The molecule has 4 aromatic carbocycles. The van der Waals surface area contributed by atoms with E-state index in [1.165, 1.54) is 16.7 Å². The van der Waals surface area contributed by atoms with Gasteiger partial charge < -0.3 is 0 Å². The lowest BCUT2D eigenvalue weighted by Crippen LogP contribution is -2.01. The van der Waals surface area contributed by atoms with E-state index in [-0.39, 0.29) is 0 Å². The molecule has 196 valence electrons. The van der Waals surface area contributed by atoms with E-state index in [1.54, 1.807) is 0 Å². The lowest BCUT2D eigenvalue weighted by Gasteiger charge is -2.17. The van der Waals surface area contributed by atoms with Gasteiger partial charge in [0.15, 0.2) is 17.5 Å². The third-order valence-corrected chi connectivity index (χ3v) is 7.45. The maximum Gasteiger partial charge on any atom is 0.164 e. The first-order chi connectivity index (χ1) is 20.2. The Balaban J connectivity index is 1.47. The zero-order valence-corrected chi connectivity index (χ0v) is 22.8. The van der Waals surface area contributed by atoms with E-state index in [9.17, 15) is 0 Å². The lowest BCUT2D eigenvalue weighted by atomic mass is 9.88. The van der Waals surface area contributed by atoms with Crippen molar-refractivity contribution in [3.8, 4) is 56.5 Å². The highest BCUT2D eigenvalue weighted by Crippen LogP contribution is 2.36. The Labute approximate surface area is 240 Å². The zero-order chi connectivity index (χ0) is 27.6. The van der Waals surface area contributed by atoms with Gasteiger partial charge in [-0.25, -0.2) is 15.0 Å². The Kier molecular flexibility index (Phi) is 6.50. The quantitative estimate of drug-likeness (QED) is 0.224. The average molecular weight is 529 g/mol. The van der Waals surface area contributed by atoms with Crippen molar-refractivity contribution in [2.24, 2.45) is 0 Å². The lowest BCUT2D eigenvalue weighted by molar-refractivity contribution is 0.986. The van der Waals surface area contributed by atoms with Crippen LogP contribution in [0.1, 0.15) is 23.2 Å². The molecule has 0 N–H and O–H groups in total. The second-order valence-electron chi connectivity index (χ2n) is 10.3. The number of fused-ring (bicyclic) bond motifs is 1. The van der Waals surface area contributed by atoms with Crippen molar-refractivity contribution in [2.75, 3.05) is 0 Å². The molecule has 0 bridgehead atoms. The molecule has 0 saturated heterocycles. The molecule has 2 aromatic heterocycles. The van der Waals surface area contributed by atoms with Gasteiger partial charge in [0, 0.05) is 27.9 Å². The van der Waals surface area contributed by atoms with Crippen molar-refractivity contribution in [3.05, 3.63) is 138 Å². The van der Waals surface area contributed by atoms with Crippen LogP contribution in [0, 0.1) is 6.92 Å². The van der Waals surface area contributed by atoms with Crippen LogP contribution >= 0.6 is 0 Å². The standard InChI is InChI=1S/C37H28N4/c1-25-12-10-21-34(38-25)30-22-29(33-20-11-18-26-13-8-9-19-32(26)33)23-31(24-30)37-40-35(27-14-4-2-5-15-27)39-36(41-37)28-16-6-3-7-17-28/h2-7,9-12,14-24H,8,13H2,1H3. The van der Waals surface area contributed by atoms with E-state index in [0.29, 0.717) is 17.5 Å². The van der Waals surface area contributed by atoms with Crippen LogP contribution in [0.5, 0.6) is 0 Å². The van der Waals surface area contributed by atoms with Gasteiger partial charge in [-0.15, -0.1) is 0 Å². The predicted molar refractivity (Wildman–Crippen MR) is 167 cm³/mol. The molecular weight excluding hydrogens is 500 g/mol. The summed E-state index contributed by atoms with van der Waals surface area (Å²) >= 11 is 0. The Morgan fingerprint density at radius 2 is 1.12 bits per heavy atom. The number of allylic oxidation sites excluding steroid dienone is 1. The number of pyridine rings is 1. The Morgan fingerprint density at radius 3 is 1.80 bits per heavy atom. The fraction of sp³-hybridized carbons (Fsp3) is 0.0811. The number of hydrogen-bond acceptors (Lipinski definition) is 4. The highest BCUT2D eigenvalue weighted by Gasteiger charge is 2.17. The predicted octanol–water partition coefficient (Wildman–Crippen LogP) is 8.87. The molecule has 0 spiro atoms. The molecule has 4 heteroatoms. The molecule has 41 heavy (non-hydrogen) atoms. The molecule has 0 radical (unpaired) electrons. The average Bonchev–Trinajstić information content (AvgIpc) is 3.05. The summed E-state index contributed by atoms with van der Waals surface area (Å²) in [5.41, 5.74) is 10.7. The highest BCUT2D eigenvalue weighted by atomic mass is 15.0. The van der Waals surface area contributed by atoms with Crippen LogP contribution in [0.25, 0.3) is 62.6 Å². The summed E-state index contributed by atoms with van der Waals surface area (Å²) in [6.07, 6.45) is 6.66. The maximum absolute atomic E-state index is 5.02. The van der Waals surface area contributed by atoms with Crippen LogP contribution in [0.2, 0.25) is 0 Å². The normalized spacial score (nSPS) is 12.2. The first-order valence-electron chi connectivity index (χ1n) is 14.0. The van der Waals surface area contributed by atoms with Crippen molar-refractivity contribution in [2.45, 2.75) is 19.8 Å². The number of aromatic nitrogens is 4.